The molecule has 0 aliphatic heterocycles. The van der Waals surface area contributed by atoms with Crippen LogP contribution in [0.15, 0.2) is 53.4 Å². The topological polar surface area (TPSA) is 43.4 Å². The molecule has 1 aliphatic carbocycles. The van der Waals surface area contributed by atoms with Gasteiger partial charge in [0.25, 0.3) is 10.1 Å². The number of hydrogen-bond donors (Lipinski definition) is 0. The molecule has 0 heterocycles. The normalized spacial score (nSPS) is 16.0. The van der Waals surface area contributed by atoms with Crippen LogP contribution in [0.4, 0.5) is 0 Å². The van der Waals surface area contributed by atoms with E-state index in [1.807, 2.05) is 19.1 Å². The molecule has 0 N–H and O–H groups in total. The summed E-state index contributed by atoms with van der Waals surface area (Å²) < 4.78 is 30.2. The number of aryl methyl sites for hydroxylation is 3. The molecule has 0 saturated carbocycles. The van der Waals surface area contributed by atoms with Gasteiger partial charge >= 0.3 is 0 Å². The summed E-state index contributed by atoms with van der Waals surface area (Å²) in [5.74, 6) is 0. The second-order valence-corrected chi connectivity index (χ2v) is 7.40. The molecule has 2 aromatic carbocycles. The predicted octanol–water partition coefficient (Wildman–Crippen LogP) is 3.65. The molecule has 3 nitrogen and oxygen atoms in total. The fourth-order valence-electron chi connectivity index (χ4n) is 2.86. The number of hydrogen-bond acceptors (Lipinski definition) is 3. The third-order valence-electron chi connectivity index (χ3n) is 4.16. The summed E-state index contributed by atoms with van der Waals surface area (Å²) in [6.07, 6.45) is 2.96. The zero-order chi connectivity index (χ0) is 15.6. The Bertz CT molecular complexity index is 721. The molecule has 22 heavy (non-hydrogen) atoms. The highest BCUT2D eigenvalue weighted by molar-refractivity contribution is 7.86. The van der Waals surface area contributed by atoms with Crippen LogP contribution in [0.5, 0.6) is 0 Å². The molecular weight excluding hydrogens is 296 g/mol. The lowest BCUT2D eigenvalue weighted by molar-refractivity contribution is 0.192. The van der Waals surface area contributed by atoms with Gasteiger partial charge in [-0.05, 0) is 55.9 Å². The molecule has 0 unspecified atom stereocenters. The van der Waals surface area contributed by atoms with E-state index in [4.69, 9.17) is 4.18 Å². The zero-order valence-electron chi connectivity index (χ0n) is 12.7. The molecule has 0 radical (unpaired) electrons. The van der Waals surface area contributed by atoms with Crippen LogP contribution < -0.4 is 0 Å². The van der Waals surface area contributed by atoms with Crippen LogP contribution in [0.25, 0.3) is 0 Å². The fraction of sp³-hybridized carbons (Fsp3) is 0.333. The molecule has 0 saturated heterocycles. The number of benzene rings is 2. The van der Waals surface area contributed by atoms with Gasteiger partial charge in [0.05, 0.1) is 11.0 Å². The molecule has 0 amide bonds. The van der Waals surface area contributed by atoms with E-state index in [0.29, 0.717) is 0 Å². The van der Waals surface area contributed by atoms with Crippen molar-refractivity contribution >= 4 is 10.1 Å². The zero-order valence-corrected chi connectivity index (χ0v) is 13.5. The van der Waals surface area contributed by atoms with E-state index in [0.717, 1.165) is 31.2 Å². The number of rotatable bonds is 3. The molecule has 0 atom stereocenters. The Morgan fingerprint density at radius 3 is 2.00 bits per heavy atom. The molecule has 3 rings (SSSR count). The van der Waals surface area contributed by atoms with Gasteiger partial charge < -0.3 is 0 Å². The average molecular weight is 316 g/mol. The van der Waals surface area contributed by atoms with Crippen molar-refractivity contribution in [3.63, 3.8) is 0 Å². The lowest BCUT2D eigenvalue weighted by Crippen LogP contribution is -2.19. The van der Waals surface area contributed by atoms with Crippen molar-refractivity contribution in [2.45, 2.75) is 43.6 Å². The van der Waals surface area contributed by atoms with Crippen molar-refractivity contribution in [1.29, 1.82) is 0 Å². The van der Waals surface area contributed by atoms with Crippen molar-refractivity contribution in [2.24, 2.45) is 0 Å². The summed E-state index contributed by atoms with van der Waals surface area (Å²) in [6.45, 7) is 1.93. The first-order chi connectivity index (χ1) is 10.5. The third kappa shape index (κ3) is 3.39. The molecule has 4 heteroatoms. The minimum atomic E-state index is -3.68. The van der Waals surface area contributed by atoms with Crippen molar-refractivity contribution in [1.82, 2.24) is 0 Å². The van der Waals surface area contributed by atoms with Crippen molar-refractivity contribution < 1.29 is 12.6 Å². The largest absolute Gasteiger partial charge is 0.297 e. The first-order valence-corrected chi connectivity index (χ1v) is 9.02. The smallest absolute Gasteiger partial charge is 0.263 e. The van der Waals surface area contributed by atoms with Gasteiger partial charge in [0.2, 0.25) is 0 Å². The third-order valence-corrected chi connectivity index (χ3v) is 5.54. The highest BCUT2D eigenvalue weighted by Crippen LogP contribution is 2.25. The first kappa shape index (κ1) is 15.3. The van der Waals surface area contributed by atoms with Gasteiger partial charge in [0, 0.05) is 0 Å². The van der Waals surface area contributed by atoms with Crippen molar-refractivity contribution in [3.8, 4) is 0 Å². The SMILES string of the molecule is Cc1ccc(S(=O)(=O)OC2CCc3ccccc3CC2)cc1. The quantitative estimate of drug-likeness (QED) is 0.641. The van der Waals surface area contributed by atoms with Gasteiger partial charge in [0.15, 0.2) is 0 Å². The average Bonchev–Trinajstić information content (AvgIpc) is 2.70. The van der Waals surface area contributed by atoms with Crippen LogP contribution >= 0.6 is 0 Å². The standard InChI is InChI=1S/C18H20O3S/c1-14-6-12-18(13-7-14)22(19,20)21-17-10-8-15-4-2-3-5-16(15)9-11-17/h2-7,12-13,17H,8-11H2,1H3. The summed E-state index contributed by atoms with van der Waals surface area (Å²) >= 11 is 0. The monoisotopic (exact) mass is 316 g/mol. The minimum Gasteiger partial charge on any atom is -0.263 e. The van der Waals surface area contributed by atoms with Crippen molar-refractivity contribution in [3.05, 3.63) is 65.2 Å². The Morgan fingerprint density at radius 1 is 0.909 bits per heavy atom. The maximum atomic E-state index is 12.4. The summed E-state index contributed by atoms with van der Waals surface area (Å²) in [6, 6.07) is 15.1. The lowest BCUT2D eigenvalue weighted by atomic mass is 10.0. The van der Waals surface area contributed by atoms with Crippen molar-refractivity contribution in [2.75, 3.05) is 0 Å². The van der Waals surface area contributed by atoms with Crippen LogP contribution in [0, 0.1) is 6.92 Å². The Balaban J connectivity index is 1.72. The Morgan fingerprint density at radius 2 is 1.45 bits per heavy atom. The van der Waals surface area contributed by atoms with Crippen LogP contribution in [0.1, 0.15) is 29.5 Å². The van der Waals surface area contributed by atoms with Crippen LogP contribution in [0.2, 0.25) is 0 Å². The van der Waals surface area contributed by atoms with Gasteiger partial charge in [-0.3, -0.25) is 4.18 Å². The van der Waals surface area contributed by atoms with E-state index in [-0.39, 0.29) is 11.0 Å². The Labute approximate surface area is 132 Å². The second-order valence-electron chi connectivity index (χ2n) is 5.83. The van der Waals surface area contributed by atoms with E-state index >= 15 is 0 Å². The number of fused-ring (bicyclic) bond motifs is 1. The molecule has 116 valence electrons. The summed E-state index contributed by atoms with van der Waals surface area (Å²) in [5.41, 5.74) is 3.64. The van der Waals surface area contributed by atoms with E-state index in [2.05, 4.69) is 12.1 Å². The first-order valence-electron chi connectivity index (χ1n) is 7.61. The van der Waals surface area contributed by atoms with Crippen LogP contribution in [-0.4, -0.2) is 14.5 Å². The van der Waals surface area contributed by atoms with E-state index in [9.17, 15) is 8.42 Å². The highest BCUT2D eigenvalue weighted by atomic mass is 32.2. The summed E-state index contributed by atoms with van der Waals surface area (Å²) in [5, 5.41) is 0. The van der Waals surface area contributed by atoms with Gasteiger partial charge in [-0.25, -0.2) is 0 Å². The van der Waals surface area contributed by atoms with Crippen LogP contribution in [0.3, 0.4) is 0 Å². The fourth-order valence-corrected chi connectivity index (χ4v) is 3.99. The second kappa shape index (κ2) is 6.23. The lowest BCUT2D eigenvalue weighted by Gasteiger charge is -2.15. The summed E-state index contributed by atoms with van der Waals surface area (Å²) in [7, 11) is -3.68. The molecule has 0 spiro atoms. The molecule has 0 fully saturated rings. The molecule has 0 bridgehead atoms. The van der Waals surface area contributed by atoms with E-state index in [1.54, 1.807) is 24.3 Å². The molecule has 1 aliphatic rings. The van der Waals surface area contributed by atoms with Gasteiger partial charge in [0.1, 0.15) is 0 Å². The maximum absolute atomic E-state index is 12.4. The molecular formula is C18H20O3S. The van der Waals surface area contributed by atoms with E-state index in [1.165, 1.54) is 11.1 Å². The molecule has 2 aromatic rings. The predicted molar refractivity (Wildman–Crippen MR) is 86.3 cm³/mol. The summed E-state index contributed by atoms with van der Waals surface area (Å²) in [4.78, 5) is 0.236. The van der Waals surface area contributed by atoms with Gasteiger partial charge in [-0.1, -0.05) is 42.0 Å². The van der Waals surface area contributed by atoms with E-state index < -0.39 is 10.1 Å². The Hall–Kier alpha value is -1.65. The highest BCUT2D eigenvalue weighted by Gasteiger charge is 2.24. The Kier molecular flexibility index (Phi) is 4.32. The maximum Gasteiger partial charge on any atom is 0.297 e. The minimum absolute atomic E-state index is 0.236. The van der Waals surface area contributed by atoms with Crippen LogP contribution in [-0.2, 0) is 27.1 Å². The van der Waals surface area contributed by atoms with Gasteiger partial charge in [-0.2, -0.15) is 8.42 Å². The van der Waals surface area contributed by atoms with Gasteiger partial charge in [-0.15, -0.1) is 0 Å². The molecule has 0 aromatic heterocycles.